The van der Waals surface area contributed by atoms with Crippen LogP contribution in [-0.4, -0.2) is 31.6 Å². The zero-order valence-corrected chi connectivity index (χ0v) is 17.6. The Bertz CT molecular complexity index is 680. The number of hydrogen-bond acceptors (Lipinski definition) is 3. The molecule has 1 fully saturated rings. The van der Waals surface area contributed by atoms with Gasteiger partial charge in [-0.1, -0.05) is 63.3 Å². The predicted molar refractivity (Wildman–Crippen MR) is 106 cm³/mol. The van der Waals surface area contributed by atoms with Crippen molar-refractivity contribution in [3.8, 4) is 0 Å². The molecule has 4 nitrogen and oxygen atoms in total. The maximum atomic E-state index is 13.2. The summed E-state index contributed by atoms with van der Waals surface area (Å²) in [7, 11) is -2.13. The van der Waals surface area contributed by atoms with E-state index in [0.29, 0.717) is 13.0 Å². The highest BCUT2D eigenvalue weighted by Gasteiger charge is 2.57. The van der Waals surface area contributed by atoms with Crippen molar-refractivity contribution in [2.75, 3.05) is 6.54 Å². The molecule has 2 heterocycles. The minimum atomic E-state index is -2.13. The van der Waals surface area contributed by atoms with Gasteiger partial charge in [0.15, 0.2) is 14.4 Å². The summed E-state index contributed by atoms with van der Waals surface area (Å²) in [5.41, 5.74) is 0.895. The predicted octanol–water partition coefficient (Wildman–Crippen LogP) is 5.00. The van der Waals surface area contributed by atoms with Crippen molar-refractivity contribution in [1.82, 2.24) is 4.90 Å². The second-order valence-corrected chi connectivity index (χ2v) is 13.5. The number of nitrogens with zero attached hydrogens (tertiary/aromatic N) is 1. The SMILES string of the molecule is CC(C)(C)[Si](C)(C)OC12CCC/C=C\CN1C(=O)[C@H](c1ccccc1)O2. The number of allylic oxidation sites excluding steroid dienone is 1. The van der Waals surface area contributed by atoms with E-state index < -0.39 is 20.3 Å². The monoisotopic (exact) mass is 373 g/mol. The Hall–Kier alpha value is -1.43. The molecule has 2 aliphatic rings. The molecular weight excluding hydrogens is 342 g/mol. The van der Waals surface area contributed by atoms with Crippen LogP contribution in [0.4, 0.5) is 0 Å². The molecule has 2 atom stereocenters. The van der Waals surface area contributed by atoms with Gasteiger partial charge in [0.25, 0.3) is 5.91 Å². The van der Waals surface area contributed by atoms with Crippen LogP contribution >= 0.6 is 0 Å². The molecule has 0 spiro atoms. The van der Waals surface area contributed by atoms with E-state index >= 15 is 0 Å². The Kier molecular flexibility index (Phi) is 5.16. The molecule has 1 unspecified atom stereocenters. The lowest BCUT2D eigenvalue weighted by atomic mass is 10.1. The fourth-order valence-electron chi connectivity index (χ4n) is 3.29. The quantitative estimate of drug-likeness (QED) is 0.553. The van der Waals surface area contributed by atoms with Crippen LogP contribution in [-0.2, 0) is 14.0 Å². The van der Waals surface area contributed by atoms with E-state index in [1.165, 1.54) is 0 Å². The van der Waals surface area contributed by atoms with Crippen LogP contribution < -0.4 is 0 Å². The van der Waals surface area contributed by atoms with Crippen molar-refractivity contribution in [3.63, 3.8) is 0 Å². The van der Waals surface area contributed by atoms with Crippen LogP contribution in [0.3, 0.4) is 0 Å². The zero-order chi connectivity index (χ0) is 19.0. The van der Waals surface area contributed by atoms with Gasteiger partial charge in [-0.05, 0) is 36.5 Å². The van der Waals surface area contributed by atoms with Crippen LogP contribution in [0.2, 0.25) is 18.1 Å². The number of fused-ring (bicyclic) bond motifs is 1. The Morgan fingerprint density at radius 2 is 1.88 bits per heavy atom. The van der Waals surface area contributed by atoms with Gasteiger partial charge in [-0.15, -0.1) is 0 Å². The minimum Gasteiger partial charge on any atom is -0.374 e. The molecule has 142 valence electrons. The largest absolute Gasteiger partial charge is 0.374 e. The molecule has 0 bridgehead atoms. The normalized spacial score (nSPS) is 28.4. The van der Waals surface area contributed by atoms with Crippen LogP contribution in [0.1, 0.15) is 51.7 Å². The molecule has 0 saturated carbocycles. The van der Waals surface area contributed by atoms with Crippen molar-refractivity contribution < 1.29 is 14.0 Å². The number of amides is 1. The number of hydrogen-bond donors (Lipinski definition) is 0. The lowest BCUT2D eigenvalue weighted by Crippen LogP contribution is -2.57. The first kappa shape index (κ1) is 19.3. The zero-order valence-electron chi connectivity index (χ0n) is 16.6. The fourth-order valence-corrected chi connectivity index (χ4v) is 4.66. The standard InChI is InChI=1S/C21H31NO3Si/c1-20(2,3)26(4,5)25-21-15-11-6-7-12-16-22(21)19(23)18(24-21)17-13-9-8-10-14-17/h7-10,12-14,18H,6,11,15-16H2,1-5H3/b12-7-/t18-,21?/m0/s1. The van der Waals surface area contributed by atoms with E-state index in [1.54, 1.807) is 0 Å². The smallest absolute Gasteiger partial charge is 0.260 e. The summed E-state index contributed by atoms with van der Waals surface area (Å²) in [4.78, 5) is 15.1. The third-order valence-electron chi connectivity index (χ3n) is 5.84. The fraction of sp³-hybridized carbons (Fsp3) is 0.571. The molecule has 5 heteroatoms. The topological polar surface area (TPSA) is 38.8 Å². The van der Waals surface area contributed by atoms with Crippen LogP contribution in [0, 0.1) is 0 Å². The van der Waals surface area contributed by atoms with Crippen molar-refractivity contribution in [2.24, 2.45) is 0 Å². The van der Waals surface area contributed by atoms with Crippen LogP contribution in [0.25, 0.3) is 0 Å². The highest BCUT2D eigenvalue weighted by molar-refractivity contribution is 6.74. The number of benzene rings is 1. The third-order valence-corrected chi connectivity index (χ3v) is 10.3. The summed E-state index contributed by atoms with van der Waals surface area (Å²) in [5.74, 6) is -0.952. The van der Waals surface area contributed by atoms with Crippen molar-refractivity contribution in [1.29, 1.82) is 0 Å². The molecule has 0 aromatic heterocycles. The molecule has 26 heavy (non-hydrogen) atoms. The van der Waals surface area contributed by atoms with Gasteiger partial charge in [0, 0.05) is 13.0 Å². The average Bonchev–Trinajstić information content (AvgIpc) is 2.79. The van der Waals surface area contributed by atoms with Gasteiger partial charge in [0.2, 0.25) is 5.91 Å². The van der Waals surface area contributed by atoms with E-state index in [0.717, 1.165) is 18.4 Å². The van der Waals surface area contributed by atoms with E-state index in [9.17, 15) is 4.79 Å². The summed E-state index contributed by atoms with van der Waals surface area (Å²) >= 11 is 0. The van der Waals surface area contributed by atoms with Gasteiger partial charge in [0.05, 0.1) is 0 Å². The summed E-state index contributed by atoms with van der Waals surface area (Å²) in [6.45, 7) is 11.6. The third kappa shape index (κ3) is 3.53. The van der Waals surface area contributed by atoms with Gasteiger partial charge in [-0.25, -0.2) is 0 Å². The van der Waals surface area contributed by atoms with Gasteiger partial charge >= 0.3 is 0 Å². The molecule has 1 amide bonds. The molecule has 1 aromatic rings. The molecule has 0 aliphatic carbocycles. The molecule has 0 radical (unpaired) electrons. The summed E-state index contributed by atoms with van der Waals surface area (Å²) < 4.78 is 13.3. The molecule has 2 aliphatic heterocycles. The Labute approximate surface area is 158 Å². The van der Waals surface area contributed by atoms with E-state index in [2.05, 4.69) is 46.0 Å². The van der Waals surface area contributed by atoms with E-state index in [1.807, 2.05) is 35.2 Å². The number of rotatable bonds is 3. The van der Waals surface area contributed by atoms with Gasteiger partial charge in [-0.3, -0.25) is 9.69 Å². The number of ether oxygens (including phenoxy) is 1. The second kappa shape index (κ2) is 6.95. The summed E-state index contributed by atoms with van der Waals surface area (Å²) in [6, 6.07) is 9.76. The highest BCUT2D eigenvalue weighted by atomic mass is 28.4. The first-order valence-electron chi connectivity index (χ1n) is 9.56. The molecule has 1 saturated heterocycles. The maximum absolute atomic E-state index is 13.2. The molecule has 0 N–H and O–H groups in total. The van der Waals surface area contributed by atoms with E-state index in [4.69, 9.17) is 9.16 Å². The average molecular weight is 374 g/mol. The summed E-state index contributed by atoms with van der Waals surface area (Å²) in [5, 5.41) is 0.0445. The first-order valence-corrected chi connectivity index (χ1v) is 12.5. The van der Waals surface area contributed by atoms with Crippen molar-refractivity contribution >= 4 is 14.2 Å². The maximum Gasteiger partial charge on any atom is 0.260 e. The van der Waals surface area contributed by atoms with E-state index in [-0.39, 0.29) is 10.9 Å². The Morgan fingerprint density at radius 3 is 2.54 bits per heavy atom. The minimum absolute atomic E-state index is 0.00135. The van der Waals surface area contributed by atoms with Gasteiger partial charge in [-0.2, -0.15) is 0 Å². The summed E-state index contributed by atoms with van der Waals surface area (Å²) in [6.07, 6.45) is 6.27. The van der Waals surface area contributed by atoms with Crippen molar-refractivity contribution in [3.05, 3.63) is 48.0 Å². The Balaban J connectivity index is 2.00. The molecule has 1 aromatic carbocycles. The lowest BCUT2D eigenvalue weighted by molar-refractivity contribution is -0.247. The Morgan fingerprint density at radius 1 is 1.19 bits per heavy atom. The molecule has 3 rings (SSSR count). The van der Waals surface area contributed by atoms with Crippen molar-refractivity contribution in [2.45, 2.75) is 70.2 Å². The van der Waals surface area contributed by atoms with Gasteiger partial charge < -0.3 is 9.16 Å². The first-order chi connectivity index (χ1) is 12.2. The lowest BCUT2D eigenvalue weighted by Gasteiger charge is -2.46. The number of carbonyl (C=O) groups excluding carboxylic acids is 1. The molecular formula is C21H31NO3Si. The second-order valence-electron chi connectivity index (χ2n) is 8.80. The van der Waals surface area contributed by atoms with Gasteiger partial charge in [0.1, 0.15) is 0 Å². The van der Waals surface area contributed by atoms with Crippen LogP contribution in [0.5, 0.6) is 0 Å². The highest BCUT2D eigenvalue weighted by Crippen LogP contribution is 2.47. The number of carbonyl (C=O) groups is 1. The van der Waals surface area contributed by atoms with Crippen LogP contribution in [0.15, 0.2) is 42.5 Å².